The number of rotatable bonds is 5. The third kappa shape index (κ3) is 3.20. The maximum Gasteiger partial charge on any atom is 0.258 e. The number of carbonyl (C=O) groups is 1. The highest BCUT2D eigenvalue weighted by Gasteiger charge is 2.24. The fraction of sp³-hybridized carbons (Fsp3) is 0.188. The van der Waals surface area contributed by atoms with Crippen molar-refractivity contribution in [3.8, 4) is 0 Å². The molecule has 0 fully saturated rings. The molecule has 1 amide bonds. The molecule has 0 saturated carbocycles. The topological polar surface area (TPSA) is 20.3 Å². The third-order valence-corrected chi connectivity index (χ3v) is 2.82. The van der Waals surface area contributed by atoms with Gasteiger partial charge in [0.05, 0.1) is 0 Å². The van der Waals surface area contributed by atoms with Crippen LogP contribution in [0.1, 0.15) is 13.3 Å². The molecular formula is C16H19NO. The van der Waals surface area contributed by atoms with Gasteiger partial charge in [-0.1, -0.05) is 49.6 Å². The summed E-state index contributed by atoms with van der Waals surface area (Å²) < 4.78 is 0. The van der Waals surface area contributed by atoms with Crippen LogP contribution in [0.4, 0.5) is 0 Å². The Hall–Kier alpha value is -2.09. The summed E-state index contributed by atoms with van der Waals surface area (Å²) in [6.45, 7) is 13.8. The second-order valence-electron chi connectivity index (χ2n) is 4.08. The number of nitrogens with zero attached hydrogens (tertiary/aromatic N) is 1. The van der Waals surface area contributed by atoms with Gasteiger partial charge in [0.15, 0.2) is 0 Å². The SMILES string of the molecule is C=C/C=C\C(=C)N1CCC(C)=C(/C=C\C=C)C1=O. The lowest BCUT2D eigenvalue weighted by atomic mass is 9.99. The van der Waals surface area contributed by atoms with Gasteiger partial charge in [-0.15, -0.1) is 0 Å². The van der Waals surface area contributed by atoms with Crippen LogP contribution < -0.4 is 0 Å². The van der Waals surface area contributed by atoms with E-state index in [1.54, 1.807) is 41.4 Å². The van der Waals surface area contributed by atoms with Crippen LogP contribution in [0, 0.1) is 0 Å². The van der Waals surface area contributed by atoms with Gasteiger partial charge in [0, 0.05) is 17.8 Å². The lowest BCUT2D eigenvalue weighted by molar-refractivity contribution is -0.125. The summed E-state index contributed by atoms with van der Waals surface area (Å²) in [7, 11) is 0. The van der Waals surface area contributed by atoms with Crippen LogP contribution in [0.2, 0.25) is 0 Å². The lowest BCUT2D eigenvalue weighted by Crippen LogP contribution is -2.35. The van der Waals surface area contributed by atoms with Gasteiger partial charge in [0.2, 0.25) is 0 Å². The first-order valence-electron chi connectivity index (χ1n) is 5.90. The van der Waals surface area contributed by atoms with E-state index in [-0.39, 0.29) is 5.91 Å². The van der Waals surface area contributed by atoms with E-state index in [1.807, 2.05) is 6.92 Å². The Kier molecular flexibility index (Phi) is 5.12. The minimum absolute atomic E-state index is 0.00411. The van der Waals surface area contributed by atoms with Crippen LogP contribution in [0.5, 0.6) is 0 Å². The van der Waals surface area contributed by atoms with E-state index < -0.39 is 0 Å². The van der Waals surface area contributed by atoms with Crippen molar-refractivity contribution in [2.45, 2.75) is 13.3 Å². The molecule has 0 radical (unpaired) electrons. The highest BCUT2D eigenvalue weighted by Crippen LogP contribution is 2.23. The summed E-state index contributed by atoms with van der Waals surface area (Å²) >= 11 is 0. The lowest BCUT2D eigenvalue weighted by Gasteiger charge is -2.28. The zero-order valence-corrected chi connectivity index (χ0v) is 10.9. The molecule has 0 aromatic heterocycles. The molecule has 1 aliphatic rings. The number of hydrogen-bond donors (Lipinski definition) is 0. The molecule has 1 aliphatic heterocycles. The summed E-state index contributed by atoms with van der Waals surface area (Å²) in [5, 5.41) is 0. The molecule has 0 spiro atoms. The van der Waals surface area contributed by atoms with Crippen LogP contribution >= 0.6 is 0 Å². The van der Waals surface area contributed by atoms with Crippen LogP contribution in [-0.2, 0) is 4.79 Å². The summed E-state index contributed by atoms with van der Waals surface area (Å²) in [6, 6.07) is 0. The Morgan fingerprint density at radius 2 is 1.94 bits per heavy atom. The predicted octanol–water partition coefficient (Wildman–Crippen LogP) is 3.53. The molecule has 0 aromatic rings. The molecule has 0 bridgehead atoms. The molecule has 2 heteroatoms. The van der Waals surface area contributed by atoms with Crippen molar-refractivity contribution >= 4 is 5.91 Å². The number of amides is 1. The molecule has 0 aromatic carbocycles. The third-order valence-electron chi connectivity index (χ3n) is 2.82. The minimum atomic E-state index is -0.00411. The van der Waals surface area contributed by atoms with Gasteiger partial charge >= 0.3 is 0 Å². The van der Waals surface area contributed by atoms with Crippen LogP contribution in [-0.4, -0.2) is 17.4 Å². The van der Waals surface area contributed by atoms with Gasteiger partial charge in [0.1, 0.15) is 0 Å². The van der Waals surface area contributed by atoms with Crippen molar-refractivity contribution in [3.05, 3.63) is 73.0 Å². The molecule has 94 valence electrons. The molecule has 1 rings (SSSR count). The van der Waals surface area contributed by atoms with E-state index in [9.17, 15) is 4.79 Å². The second kappa shape index (κ2) is 6.60. The van der Waals surface area contributed by atoms with Crippen molar-refractivity contribution < 1.29 is 4.79 Å². The number of allylic oxidation sites excluding steroid dienone is 5. The smallest absolute Gasteiger partial charge is 0.258 e. The highest BCUT2D eigenvalue weighted by atomic mass is 16.2. The molecule has 2 nitrogen and oxygen atoms in total. The normalized spacial score (nSPS) is 16.7. The fourth-order valence-electron chi connectivity index (χ4n) is 1.76. The van der Waals surface area contributed by atoms with E-state index in [4.69, 9.17) is 0 Å². The van der Waals surface area contributed by atoms with Crippen molar-refractivity contribution in [2.75, 3.05) is 6.54 Å². The average molecular weight is 241 g/mol. The summed E-state index contributed by atoms with van der Waals surface area (Å²) in [4.78, 5) is 14.0. The Balaban J connectivity index is 2.96. The van der Waals surface area contributed by atoms with Crippen LogP contribution in [0.15, 0.2) is 73.0 Å². The van der Waals surface area contributed by atoms with Crippen LogP contribution in [0.3, 0.4) is 0 Å². The van der Waals surface area contributed by atoms with Gasteiger partial charge in [0.25, 0.3) is 5.91 Å². The monoisotopic (exact) mass is 241 g/mol. The first-order chi connectivity index (χ1) is 8.61. The van der Waals surface area contributed by atoms with Gasteiger partial charge in [-0.25, -0.2) is 0 Å². The van der Waals surface area contributed by atoms with Gasteiger partial charge in [-0.2, -0.15) is 0 Å². The van der Waals surface area contributed by atoms with Crippen molar-refractivity contribution in [1.29, 1.82) is 0 Å². The summed E-state index contributed by atoms with van der Waals surface area (Å²) in [5.41, 5.74) is 2.53. The standard InChI is InChI=1S/C16H19NO/c1-5-7-9-14(4)17-12-11-13(3)15(16(17)18)10-8-6-2/h5-10H,1-2,4,11-12H2,3H3/b9-7-,10-8-. The van der Waals surface area contributed by atoms with E-state index in [1.165, 1.54) is 0 Å². The molecule has 1 heterocycles. The molecular weight excluding hydrogens is 222 g/mol. The molecule has 0 atom stereocenters. The second-order valence-corrected chi connectivity index (χ2v) is 4.08. The Morgan fingerprint density at radius 1 is 1.28 bits per heavy atom. The number of carbonyl (C=O) groups excluding carboxylic acids is 1. The first-order valence-corrected chi connectivity index (χ1v) is 5.90. The fourth-order valence-corrected chi connectivity index (χ4v) is 1.76. The minimum Gasteiger partial charge on any atom is -0.309 e. The van der Waals surface area contributed by atoms with E-state index in [0.717, 1.165) is 17.6 Å². The molecule has 0 N–H and O–H groups in total. The van der Waals surface area contributed by atoms with E-state index in [0.29, 0.717) is 12.2 Å². The Bertz CT molecular complexity index is 463. The molecule has 0 unspecified atom stereocenters. The molecule has 18 heavy (non-hydrogen) atoms. The Labute approximate surface area is 109 Å². The van der Waals surface area contributed by atoms with Gasteiger partial charge < -0.3 is 4.90 Å². The highest BCUT2D eigenvalue weighted by molar-refractivity contribution is 5.99. The molecule has 0 saturated heterocycles. The summed E-state index contributed by atoms with van der Waals surface area (Å²) in [5.74, 6) is -0.00411. The largest absolute Gasteiger partial charge is 0.309 e. The summed E-state index contributed by atoms with van der Waals surface area (Å²) in [6.07, 6.45) is 11.4. The van der Waals surface area contributed by atoms with Crippen LogP contribution in [0.25, 0.3) is 0 Å². The zero-order chi connectivity index (χ0) is 13.5. The predicted molar refractivity (Wildman–Crippen MR) is 76.8 cm³/mol. The Morgan fingerprint density at radius 3 is 2.56 bits per heavy atom. The maximum atomic E-state index is 12.3. The van der Waals surface area contributed by atoms with E-state index in [2.05, 4.69) is 19.7 Å². The first kappa shape index (κ1) is 14.0. The van der Waals surface area contributed by atoms with Crippen molar-refractivity contribution in [3.63, 3.8) is 0 Å². The quantitative estimate of drug-likeness (QED) is 0.674. The maximum absolute atomic E-state index is 12.3. The molecule has 0 aliphatic carbocycles. The van der Waals surface area contributed by atoms with Gasteiger partial charge in [-0.05, 0) is 25.5 Å². The van der Waals surface area contributed by atoms with Crippen molar-refractivity contribution in [1.82, 2.24) is 4.90 Å². The van der Waals surface area contributed by atoms with E-state index >= 15 is 0 Å². The zero-order valence-electron chi connectivity index (χ0n) is 10.9. The van der Waals surface area contributed by atoms with Gasteiger partial charge in [-0.3, -0.25) is 4.79 Å². The number of hydrogen-bond acceptors (Lipinski definition) is 1. The van der Waals surface area contributed by atoms with Crippen molar-refractivity contribution in [2.24, 2.45) is 0 Å². The average Bonchev–Trinajstić information content (AvgIpc) is 2.36.